The van der Waals surface area contributed by atoms with Crippen molar-refractivity contribution in [3.05, 3.63) is 29.3 Å². The highest BCUT2D eigenvalue weighted by Crippen LogP contribution is 2.15. The van der Waals surface area contributed by atoms with Gasteiger partial charge in [-0.05, 0) is 44.0 Å². The maximum absolute atomic E-state index is 12.4. The van der Waals surface area contributed by atoms with Gasteiger partial charge in [0, 0.05) is 13.1 Å². The first-order valence-corrected chi connectivity index (χ1v) is 8.76. The van der Waals surface area contributed by atoms with Crippen LogP contribution in [0.1, 0.15) is 18.1 Å². The molecule has 6 nitrogen and oxygen atoms in total. The number of benzene rings is 1. The zero-order chi connectivity index (χ0) is 16.3. The van der Waals surface area contributed by atoms with Crippen LogP contribution < -0.4 is 4.72 Å². The van der Waals surface area contributed by atoms with Gasteiger partial charge >= 0.3 is 0 Å². The third kappa shape index (κ3) is 3.85. The van der Waals surface area contributed by atoms with E-state index in [1.807, 2.05) is 13.8 Å². The van der Waals surface area contributed by atoms with Crippen LogP contribution >= 0.6 is 0 Å². The van der Waals surface area contributed by atoms with Crippen molar-refractivity contribution in [3.8, 4) is 0 Å². The lowest BCUT2D eigenvalue weighted by molar-refractivity contribution is -0.136. The second-order valence-corrected chi connectivity index (χ2v) is 7.24. The Labute approximate surface area is 131 Å². The molecule has 0 saturated carbocycles. The highest BCUT2D eigenvalue weighted by molar-refractivity contribution is 7.89. The van der Waals surface area contributed by atoms with Gasteiger partial charge in [-0.3, -0.25) is 4.79 Å². The van der Waals surface area contributed by atoms with E-state index in [0.29, 0.717) is 26.3 Å². The fourth-order valence-electron chi connectivity index (χ4n) is 2.29. The van der Waals surface area contributed by atoms with Crippen LogP contribution in [0.3, 0.4) is 0 Å². The number of hydrogen-bond donors (Lipinski definition) is 1. The van der Waals surface area contributed by atoms with E-state index in [0.717, 1.165) is 11.1 Å². The van der Waals surface area contributed by atoms with Crippen LogP contribution in [0.25, 0.3) is 0 Å². The summed E-state index contributed by atoms with van der Waals surface area (Å²) < 4.78 is 32.4. The Morgan fingerprint density at radius 2 is 1.86 bits per heavy atom. The number of hydrogen-bond acceptors (Lipinski definition) is 4. The van der Waals surface area contributed by atoms with Crippen molar-refractivity contribution in [3.63, 3.8) is 0 Å². The van der Waals surface area contributed by atoms with E-state index in [1.54, 1.807) is 30.0 Å². The van der Waals surface area contributed by atoms with Gasteiger partial charge in [-0.25, -0.2) is 8.42 Å². The zero-order valence-electron chi connectivity index (χ0n) is 13.1. The fraction of sp³-hybridized carbons (Fsp3) is 0.533. The minimum absolute atomic E-state index is 0.178. The van der Waals surface area contributed by atoms with Crippen molar-refractivity contribution in [1.82, 2.24) is 9.62 Å². The van der Waals surface area contributed by atoms with Crippen molar-refractivity contribution >= 4 is 15.9 Å². The van der Waals surface area contributed by atoms with Gasteiger partial charge in [-0.2, -0.15) is 4.72 Å². The maximum atomic E-state index is 12.4. The summed E-state index contributed by atoms with van der Waals surface area (Å²) in [6, 6.07) is 4.13. The van der Waals surface area contributed by atoms with Gasteiger partial charge in [0.05, 0.1) is 24.2 Å². The number of nitrogens with one attached hydrogen (secondary N) is 1. The molecule has 1 fully saturated rings. The average Bonchev–Trinajstić information content (AvgIpc) is 2.49. The predicted octanol–water partition coefficient (Wildman–Crippen LogP) is 0.829. The largest absolute Gasteiger partial charge is 0.378 e. The average molecular weight is 326 g/mol. The van der Waals surface area contributed by atoms with E-state index in [9.17, 15) is 13.2 Å². The molecule has 1 aliphatic rings. The number of sulfonamides is 1. The summed E-state index contributed by atoms with van der Waals surface area (Å²) in [6.45, 7) is 7.31. The monoisotopic (exact) mass is 326 g/mol. The molecule has 0 unspecified atom stereocenters. The van der Waals surface area contributed by atoms with E-state index in [1.165, 1.54) is 0 Å². The number of ether oxygens (including phenoxy) is 1. The molecule has 0 aromatic heterocycles. The summed E-state index contributed by atoms with van der Waals surface area (Å²) >= 11 is 0. The van der Waals surface area contributed by atoms with Crippen LogP contribution in [0.2, 0.25) is 0 Å². The van der Waals surface area contributed by atoms with E-state index in [-0.39, 0.29) is 10.8 Å². The van der Waals surface area contributed by atoms with Crippen molar-refractivity contribution in [1.29, 1.82) is 0 Å². The number of carbonyl (C=O) groups is 1. The molecule has 0 radical (unpaired) electrons. The Kier molecular flexibility index (Phi) is 5.20. The molecule has 2 rings (SSSR count). The van der Waals surface area contributed by atoms with E-state index in [4.69, 9.17) is 4.74 Å². The van der Waals surface area contributed by atoms with Crippen molar-refractivity contribution in [2.45, 2.75) is 31.7 Å². The first-order chi connectivity index (χ1) is 10.3. The smallest absolute Gasteiger partial charge is 0.241 e. The van der Waals surface area contributed by atoms with E-state index >= 15 is 0 Å². The Morgan fingerprint density at radius 3 is 2.45 bits per heavy atom. The second kappa shape index (κ2) is 6.76. The Morgan fingerprint density at radius 1 is 1.23 bits per heavy atom. The summed E-state index contributed by atoms with van der Waals surface area (Å²) in [5, 5.41) is 0. The van der Waals surface area contributed by atoms with Crippen LogP contribution in [0.5, 0.6) is 0 Å². The minimum atomic E-state index is -3.71. The van der Waals surface area contributed by atoms with Gasteiger partial charge in [0.25, 0.3) is 0 Å². The van der Waals surface area contributed by atoms with E-state index in [2.05, 4.69) is 4.72 Å². The summed E-state index contributed by atoms with van der Waals surface area (Å²) in [7, 11) is -3.71. The molecule has 22 heavy (non-hydrogen) atoms. The third-order valence-corrected chi connectivity index (χ3v) is 5.35. The predicted molar refractivity (Wildman–Crippen MR) is 83.1 cm³/mol. The Balaban J connectivity index is 2.10. The lowest BCUT2D eigenvalue weighted by Crippen LogP contribution is -2.50. The Bertz CT molecular complexity index is 652. The molecular weight excluding hydrogens is 304 g/mol. The topological polar surface area (TPSA) is 75.7 Å². The van der Waals surface area contributed by atoms with Gasteiger partial charge in [0.15, 0.2) is 0 Å². The SMILES string of the molecule is Cc1ccc(S(=O)(=O)N[C@H](C)C(=O)N2CCOCC2)cc1C. The van der Waals surface area contributed by atoms with Crippen LogP contribution in [0, 0.1) is 13.8 Å². The molecule has 0 bridgehead atoms. The molecule has 1 aliphatic heterocycles. The molecule has 122 valence electrons. The number of morpholine rings is 1. The van der Waals surface area contributed by atoms with E-state index < -0.39 is 16.1 Å². The molecule has 1 amide bonds. The summed E-state index contributed by atoms with van der Waals surface area (Å²) in [4.78, 5) is 14.1. The zero-order valence-corrected chi connectivity index (χ0v) is 13.9. The minimum Gasteiger partial charge on any atom is -0.378 e. The molecule has 0 aliphatic carbocycles. The number of amides is 1. The van der Waals surface area contributed by atoms with Gasteiger partial charge in [-0.1, -0.05) is 6.07 Å². The molecule has 0 spiro atoms. The summed E-state index contributed by atoms with van der Waals surface area (Å²) in [5.74, 6) is -0.226. The van der Waals surface area contributed by atoms with Crippen molar-refractivity contribution < 1.29 is 17.9 Å². The lowest BCUT2D eigenvalue weighted by atomic mass is 10.1. The molecule has 1 aromatic carbocycles. The second-order valence-electron chi connectivity index (χ2n) is 5.53. The Hall–Kier alpha value is -1.44. The van der Waals surface area contributed by atoms with Gasteiger partial charge in [0.1, 0.15) is 0 Å². The van der Waals surface area contributed by atoms with Crippen LogP contribution in [-0.2, 0) is 19.6 Å². The summed E-state index contributed by atoms with van der Waals surface area (Å²) in [5.41, 5.74) is 1.92. The standard InChI is InChI=1S/C15H22N2O4S/c1-11-4-5-14(10-12(11)2)22(19,20)16-13(3)15(18)17-6-8-21-9-7-17/h4-5,10,13,16H,6-9H2,1-3H3/t13-/m1/s1. The van der Waals surface area contributed by atoms with Gasteiger partial charge < -0.3 is 9.64 Å². The van der Waals surface area contributed by atoms with Crippen molar-refractivity contribution in [2.75, 3.05) is 26.3 Å². The quantitative estimate of drug-likeness (QED) is 0.889. The normalized spacial score (nSPS) is 17.3. The first-order valence-electron chi connectivity index (χ1n) is 7.27. The molecule has 1 atom stereocenters. The fourth-order valence-corrected chi connectivity index (χ4v) is 3.57. The molecule has 1 N–H and O–H groups in total. The van der Waals surface area contributed by atoms with Crippen LogP contribution in [0.4, 0.5) is 0 Å². The van der Waals surface area contributed by atoms with Gasteiger partial charge in [-0.15, -0.1) is 0 Å². The highest BCUT2D eigenvalue weighted by atomic mass is 32.2. The third-order valence-electron chi connectivity index (χ3n) is 3.81. The molecule has 1 heterocycles. The molecular formula is C15H22N2O4S. The highest BCUT2D eigenvalue weighted by Gasteiger charge is 2.27. The summed E-state index contributed by atoms with van der Waals surface area (Å²) in [6.07, 6.45) is 0. The first kappa shape index (κ1) is 16.9. The van der Waals surface area contributed by atoms with Crippen LogP contribution in [0.15, 0.2) is 23.1 Å². The number of aryl methyl sites for hydroxylation is 2. The number of carbonyl (C=O) groups excluding carboxylic acids is 1. The molecule has 7 heteroatoms. The number of nitrogens with zero attached hydrogens (tertiary/aromatic N) is 1. The van der Waals surface area contributed by atoms with Crippen molar-refractivity contribution in [2.24, 2.45) is 0 Å². The van der Waals surface area contributed by atoms with Gasteiger partial charge in [0.2, 0.25) is 15.9 Å². The number of rotatable bonds is 4. The maximum Gasteiger partial charge on any atom is 0.241 e. The molecule has 1 aromatic rings. The lowest BCUT2D eigenvalue weighted by Gasteiger charge is -2.29. The van der Waals surface area contributed by atoms with Crippen LogP contribution in [-0.4, -0.2) is 51.6 Å². The molecule has 1 saturated heterocycles.